The van der Waals surface area contributed by atoms with E-state index in [0.717, 1.165) is 12.8 Å². The van der Waals surface area contributed by atoms with Crippen molar-refractivity contribution in [3.63, 3.8) is 0 Å². The molecular formula is C52H79NO14. The average molecular weight is 942 g/mol. The smallest absolute Gasteiger partial charge is 0.329 e. The second-order valence-corrected chi connectivity index (χ2v) is 20.1. The molecule has 1 unspecified atom stereocenters. The summed E-state index contributed by atoms with van der Waals surface area (Å²) in [7, 11) is 4.65. The molecule has 0 aromatic carbocycles. The third-order valence-corrected chi connectivity index (χ3v) is 15.3. The summed E-state index contributed by atoms with van der Waals surface area (Å²) in [6, 6.07) is -1.14. The van der Waals surface area contributed by atoms with Crippen molar-refractivity contribution in [3.05, 3.63) is 47.6 Å². The van der Waals surface area contributed by atoms with Crippen molar-refractivity contribution >= 4 is 29.2 Å². The van der Waals surface area contributed by atoms with Gasteiger partial charge in [-0.1, -0.05) is 64.2 Å². The molecule has 15 nitrogen and oxygen atoms in total. The summed E-state index contributed by atoms with van der Waals surface area (Å²) >= 11 is 0. The molecule has 5 rings (SSSR count). The first-order valence-electron chi connectivity index (χ1n) is 24.6. The third kappa shape index (κ3) is 13.5. The number of Topliss-reactive ketones (excluding diaryl/α,β-unsaturated/α-hetero) is 3. The van der Waals surface area contributed by atoms with Crippen LogP contribution < -0.4 is 0 Å². The van der Waals surface area contributed by atoms with Crippen LogP contribution in [-0.2, 0) is 52.4 Å². The van der Waals surface area contributed by atoms with Crippen LogP contribution in [0.15, 0.2) is 47.6 Å². The number of allylic oxidation sites excluding steroid dienone is 6. The fraction of sp³-hybridized carbons (Fsp3) is 0.750. The zero-order valence-electron chi connectivity index (χ0n) is 41.3. The Kier molecular flexibility index (Phi) is 20.3. The highest BCUT2D eigenvalue weighted by atomic mass is 16.6. The fourth-order valence-corrected chi connectivity index (χ4v) is 11.1. The lowest BCUT2D eigenvalue weighted by Crippen LogP contribution is -2.65. The van der Waals surface area contributed by atoms with Crippen LogP contribution in [0.25, 0.3) is 0 Å². The number of ether oxygens (including phenoxy) is 6. The third-order valence-electron chi connectivity index (χ3n) is 15.3. The van der Waals surface area contributed by atoms with Crippen LogP contribution in [-0.4, -0.2) is 145 Å². The van der Waals surface area contributed by atoms with Crippen LogP contribution in [0.3, 0.4) is 0 Å². The molecule has 4 fully saturated rings. The molecule has 3 N–H and O–H groups in total. The largest absolute Gasteiger partial charge is 0.460 e. The summed E-state index contributed by atoms with van der Waals surface area (Å²) in [5.41, 5.74) is 1.02. The molecule has 0 spiro atoms. The number of amides is 1. The van der Waals surface area contributed by atoms with Gasteiger partial charge < -0.3 is 48.6 Å². The summed E-state index contributed by atoms with van der Waals surface area (Å²) in [4.78, 5) is 72.3. The van der Waals surface area contributed by atoms with Gasteiger partial charge in [-0.2, -0.15) is 0 Å². The Bertz CT molecular complexity index is 1840. The normalized spacial score (nSPS) is 41.8. The number of carbonyl (C=O) groups is 5. The molecule has 1 amide bonds. The van der Waals surface area contributed by atoms with Gasteiger partial charge in [0.25, 0.3) is 11.7 Å². The predicted octanol–water partition coefficient (Wildman–Crippen LogP) is 5.42. The standard InChI is InChI=1S/C52H79NO14/c1-30-14-11-10-12-15-31(2)40(54)28-37-19-17-35(6)52(61,67-37)49(58)50(59)53-21-13-16-38-39(26-36-18-20-42(44(27-36)63-8)65-23-22-62-7)43(66-51(60)45(38)53)29-41(55)32(3)25-34(5)47(57)48(64-9)46(56)33(4)24-30/h10-12,14-15,25,30,32-33,35-40,42-45,47-48,54,57,61H,13,16-24,26-29H2,1-9H3/b12-10+,14-11+,31-15+,34-25+/t30-,32-,33-,35-,36+,37+,38?,39+,40+,42-,43+,44-,45+,47-,48+,52-/m1/s1. The minimum Gasteiger partial charge on any atom is -0.460 e. The number of piperidine rings is 1. The molecule has 15 heteroatoms. The van der Waals surface area contributed by atoms with Crippen LogP contribution in [0.4, 0.5) is 0 Å². The number of aliphatic hydroxyl groups excluding tert-OH is 2. The van der Waals surface area contributed by atoms with E-state index in [1.165, 1.54) is 12.0 Å². The lowest BCUT2D eigenvalue weighted by molar-refractivity contribution is -0.265. The van der Waals surface area contributed by atoms with Gasteiger partial charge in [0, 0.05) is 64.4 Å². The number of fused-ring (bicyclic) bond motifs is 4. The van der Waals surface area contributed by atoms with Crippen molar-refractivity contribution in [2.24, 2.45) is 41.4 Å². The Hall–Kier alpha value is -3.41. The van der Waals surface area contributed by atoms with Gasteiger partial charge in [0.2, 0.25) is 5.79 Å². The molecule has 1 aliphatic carbocycles. The zero-order chi connectivity index (χ0) is 49.2. The topological polar surface area (TPSA) is 205 Å². The average Bonchev–Trinajstić information content (AvgIpc) is 3.30. The van der Waals surface area contributed by atoms with Crippen molar-refractivity contribution in [2.75, 3.05) is 41.1 Å². The molecule has 1 saturated carbocycles. The van der Waals surface area contributed by atoms with Crippen molar-refractivity contribution < 1.29 is 67.7 Å². The monoisotopic (exact) mass is 942 g/mol. The number of aliphatic hydroxyl groups is 3. The molecule has 5 aliphatic rings. The van der Waals surface area contributed by atoms with E-state index < -0.39 is 83.7 Å². The molecule has 4 bridgehead atoms. The molecule has 3 saturated heterocycles. The summed E-state index contributed by atoms with van der Waals surface area (Å²) in [5.74, 6) is -8.59. The summed E-state index contributed by atoms with van der Waals surface area (Å²) in [5, 5.41) is 34.6. The molecule has 4 aliphatic heterocycles. The fourth-order valence-electron chi connectivity index (χ4n) is 11.1. The highest BCUT2D eigenvalue weighted by Gasteiger charge is 2.57. The van der Waals surface area contributed by atoms with E-state index >= 15 is 0 Å². The minimum atomic E-state index is -2.49. The van der Waals surface area contributed by atoms with E-state index in [1.54, 1.807) is 67.1 Å². The molecule has 0 radical (unpaired) electrons. The highest BCUT2D eigenvalue weighted by molar-refractivity contribution is 6.39. The molecule has 67 heavy (non-hydrogen) atoms. The molecule has 376 valence electrons. The maximum absolute atomic E-state index is 14.5. The first-order valence-corrected chi connectivity index (χ1v) is 24.6. The van der Waals surface area contributed by atoms with Crippen LogP contribution in [0.1, 0.15) is 112 Å². The summed E-state index contributed by atoms with van der Waals surface area (Å²) in [6.45, 7) is 11.5. The van der Waals surface area contributed by atoms with E-state index in [1.807, 2.05) is 25.2 Å². The van der Waals surface area contributed by atoms with E-state index in [0.29, 0.717) is 69.3 Å². The van der Waals surface area contributed by atoms with E-state index in [2.05, 4.69) is 0 Å². The van der Waals surface area contributed by atoms with Gasteiger partial charge in [0.05, 0.1) is 37.6 Å². The first kappa shape index (κ1) is 54.5. The van der Waals surface area contributed by atoms with Crippen LogP contribution in [0.2, 0.25) is 0 Å². The number of carbonyl (C=O) groups excluding carboxylic acids is 5. The number of ketones is 3. The summed E-state index contributed by atoms with van der Waals surface area (Å²) < 4.78 is 35.1. The van der Waals surface area contributed by atoms with E-state index in [-0.39, 0.29) is 60.9 Å². The van der Waals surface area contributed by atoms with Gasteiger partial charge in [0.1, 0.15) is 30.1 Å². The Morgan fingerprint density at radius 1 is 0.836 bits per heavy atom. The SMILES string of the molecule is COCCO[C@@H]1CC[C@@H](C[C@H]2C3CCCN4C(=O)C(=O)[C@]5(O)O[C@@H](CC[C@H]5C)C[C@H](O)/C(C)=C/C=C/C=C/[C@@H](C)C[C@@H](C)C(=O)[C@H](OC)[C@H](O)/C(C)=C/[C@@H](C)C(=O)C[C@@H]2OC(=O)[C@H]34)C[C@H]1OC. The van der Waals surface area contributed by atoms with Crippen molar-refractivity contribution in [2.45, 2.75) is 167 Å². The lowest BCUT2D eigenvalue weighted by atomic mass is 9.68. The van der Waals surface area contributed by atoms with Crippen molar-refractivity contribution in [3.8, 4) is 0 Å². The second kappa shape index (κ2) is 24.9. The van der Waals surface area contributed by atoms with Gasteiger partial charge in [-0.15, -0.1) is 0 Å². The quantitative estimate of drug-likeness (QED) is 0.121. The van der Waals surface area contributed by atoms with Gasteiger partial charge in [0.15, 0.2) is 5.78 Å². The zero-order valence-corrected chi connectivity index (χ0v) is 41.3. The van der Waals surface area contributed by atoms with Crippen LogP contribution in [0, 0.1) is 41.4 Å². The van der Waals surface area contributed by atoms with Crippen molar-refractivity contribution in [1.29, 1.82) is 0 Å². The number of rotatable bonds is 8. The van der Waals surface area contributed by atoms with Gasteiger partial charge in [-0.3, -0.25) is 19.2 Å². The van der Waals surface area contributed by atoms with Crippen LogP contribution in [0.5, 0.6) is 0 Å². The Labute approximate surface area is 397 Å². The molecule has 0 aromatic rings. The van der Waals surface area contributed by atoms with E-state index in [9.17, 15) is 39.3 Å². The number of hydrogen-bond donors (Lipinski definition) is 3. The van der Waals surface area contributed by atoms with Crippen LogP contribution >= 0.6 is 0 Å². The predicted molar refractivity (Wildman–Crippen MR) is 249 cm³/mol. The molecule has 16 atom stereocenters. The van der Waals surface area contributed by atoms with Crippen molar-refractivity contribution in [1.82, 2.24) is 4.90 Å². The number of nitrogens with zero attached hydrogens (tertiary/aromatic N) is 1. The Balaban J connectivity index is 1.49. The number of esters is 1. The van der Waals surface area contributed by atoms with E-state index in [4.69, 9.17) is 28.4 Å². The number of hydrogen-bond acceptors (Lipinski definition) is 14. The first-order chi connectivity index (χ1) is 31.8. The maximum Gasteiger partial charge on any atom is 0.329 e. The van der Waals surface area contributed by atoms with Gasteiger partial charge in [-0.25, -0.2) is 4.79 Å². The summed E-state index contributed by atoms with van der Waals surface area (Å²) in [6.07, 6.45) is 10.4. The molecule has 0 aromatic heterocycles. The lowest BCUT2D eigenvalue weighted by Gasteiger charge is -2.50. The van der Waals surface area contributed by atoms with Gasteiger partial charge in [-0.05, 0) is 101 Å². The molecule has 4 heterocycles. The second-order valence-electron chi connectivity index (χ2n) is 20.1. The van der Waals surface area contributed by atoms with Gasteiger partial charge >= 0.3 is 5.97 Å². The Morgan fingerprint density at radius 3 is 2.28 bits per heavy atom. The Morgan fingerprint density at radius 2 is 1.58 bits per heavy atom. The maximum atomic E-state index is 14.5. The highest BCUT2D eigenvalue weighted by Crippen LogP contribution is 2.45. The number of methoxy groups -OCH3 is 3. The minimum absolute atomic E-state index is 0.000679. The molecular weight excluding hydrogens is 863 g/mol.